The molecule has 0 heterocycles. The normalized spacial score (nSPS) is 11.9. The summed E-state index contributed by atoms with van der Waals surface area (Å²) >= 11 is 0. The average Bonchev–Trinajstić information content (AvgIpc) is 2.54. The fraction of sp³-hybridized carbons (Fsp3) is 0.263. The molecule has 2 aromatic rings. The van der Waals surface area contributed by atoms with E-state index in [2.05, 4.69) is 10.6 Å². The highest BCUT2D eigenvalue weighted by molar-refractivity contribution is 5.94. The molecule has 2 amide bonds. The summed E-state index contributed by atoms with van der Waals surface area (Å²) in [6.07, 6.45) is 0. The van der Waals surface area contributed by atoms with E-state index in [4.69, 9.17) is 0 Å². The van der Waals surface area contributed by atoms with Crippen LogP contribution in [0.1, 0.15) is 25.5 Å². The molecule has 2 aromatic carbocycles. The molecule has 0 radical (unpaired) electrons. The first-order valence-electron chi connectivity index (χ1n) is 7.99. The Morgan fingerprint density at radius 3 is 2.36 bits per heavy atom. The number of nitrogens with one attached hydrogen (secondary N) is 2. The molecule has 0 aliphatic carbocycles. The van der Waals surface area contributed by atoms with Crippen LogP contribution in [0.4, 0.5) is 15.8 Å². The number of carbonyl (C=O) groups excluding carboxylic acids is 2. The van der Waals surface area contributed by atoms with Crippen LogP contribution >= 0.6 is 0 Å². The van der Waals surface area contributed by atoms with Crippen molar-refractivity contribution >= 4 is 23.2 Å². The molecule has 2 N–H and O–H groups in total. The van der Waals surface area contributed by atoms with Gasteiger partial charge in [-0.25, -0.2) is 4.39 Å². The van der Waals surface area contributed by atoms with Gasteiger partial charge >= 0.3 is 0 Å². The lowest BCUT2D eigenvalue weighted by Crippen LogP contribution is -2.32. The van der Waals surface area contributed by atoms with Crippen molar-refractivity contribution in [3.8, 4) is 0 Å². The SMILES string of the molecule is CC(=O)Nc1cccc(NC(=O)CN(C)C(C)c2ccccc2F)c1. The summed E-state index contributed by atoms with van der Waals surface area (Å²) in [5.41, 5.74) is 1.74. The van der Waals surface area contributed by atoms with Gasteiger partial charge in [-0.15, -0.1) is 0 Å². The van der Waals surface area contributed by atoms with Crippen LogP contribution in [0.15, 0.2) is 48.5 Å². The second-order valence-electron chi connectivity index (χ2n) is 5.92. The molecule has 2 rings (SSSR count). The van der Waals surface area contributed by atoms with Crippen LogP contribution in [0.3, 0.4) is 0 Å². The molecule has 0 fully saturated rings. The third kappa shape index (κ3) is 5.39. The Kier molecular flexibility index (Phi) is 6.25. The maximum atomic E-state index is 13.9. The first kappa shape index (κ1) is 18.6. The molecular formula is C19H22FN3O2. The summed E-state index contributed by atoms with van der Waals surface area (Å²) in [5, 5.41) is 5.44. The summed E-state index contributed by atoms with van der Waals surface area (Å²) in [4.78, 5) is 25.1. The van der Waals surface area contributed by atoms with Gasteiger partial charge in [0, 0.05) is 29.9 Å². The van der Waals surface area contributed by atoms with Gasteiger partial charge in [0.15, 0.2) is 0 Å². The zero-order chi connectivity index (χ0) is 18.4. The number of rotatable bonds is 6. The molecule has 0 saturated carbocycles. The second kappa shape index (κ2) is 8.39. The molecule has 0 saturated heterocycles. The molecular weight excluding hydrogens is 321 g/mol. The van der Waals surface area contributed by atoms with Crippen molar-refractivity contribution in [2.75, 3.05) is 24.2 Å². The average molecular weight is 343 g/mol. The van der Waals surface area contributed by atoms with Crippen LogP contribution in [0.2, 0.25) is 0 Å². The number of anilines is 2. The Labute approximate surface area is 146 Å². The van der Waals surface area contributed by atoms with E-state index in [0.717, 1.165) is 0 Å². The van der Waals surface area contributed by atoms with Crippen molar-refractivity contribution in [1.29, 1.82) is 0 Å². The molecule has 0 spiro atoms. The lowest BCUT2D eigenvalue weighted by Gasteiger charge is -2.24. The lowest BCUT2D eigenvalue weighted by molar-refractivity contribution is -0.117. The first-order valence-corrected chi connectivity index (χ1v) is 7.99. The quantitative estimate of drug-likeness (QED) is 0.845. The standard InChI is InChI=1S/C19H22FN3O2/c1-13(17-9-4-5-10-18(17)20)23(3)12-19(25)22-16-8-6-7-15(11-16)21-14(2)24/h4-11,13H,12H2,1-3H3,(H,21,24)(H,22,25). The Balaban J connectivity index is 1.98. The number of hydrogen-bond donors (Lipinski definition) is 2. The summed E-state index contributed by atoms with van der Waals surface area (Å²) in [6.45, 7) is 3.38. The second-order valence-corrected chi connectivity index (χ2v) is 5.92. The van der Waals surface area contributed by atoms with Crippen LogP contribution in [0.25, 0.3) is 0 Å². The van der Waals surface area contributed by atoms with E-state index in [-0.39, 0.29) is 30.2 Å². The fourth-order valence-corrected chi connectivity index (χ4v) is 2.49. The summed E-state index contributed by atoms with van der Waals surface area (Å²) < 4.78 is 13.9. The van der Waals surface area contributed by atoms with Crippen LogP contribution in [-0.2, 0) is 9.59 Å². The van der Waals surface area contributed by atoms with Gasteiger partial charge in [0.05, 0.1) is 6.54 Å². The Morgan fingerprint density at radius 2 is 1.72 bits per heavy atom. The Morgan fingerprint density at radius 1 is 1.08 bits per heavy atom. The van der Waals surface area contributed by atoms with Crippen LogP contribution in [-0.4, -0.2) is 30.3 Å². The van der Waals surface area contributed by atoms with E-state index < -0.39 is 0 Å². The molecule has 1 atom stereocenters. The zero-order valence-electron chi connectivity index (χ0n) is 14.5. The first-order chi connectivity index (χ1) is 11.9. The molecule has 0 aliphatic rings. The summed E-state index contributed by atoms with van der Waals surface area (Å²) in [7, 11) is 1.77. The number of amides is 2. The number of likely N-dealkylation sites (N-methyl/N-ethyl adjacent to an activating group) is 1. The highest BCUT2D eigenvalue weighted by Crippen LogP contribution is 2.21. The zero-order valence-corrected chi connectivity index (χ0v) is 14.5. The minimum Gasteiger partial charge on any atom is -0.326 e. The highest BCUT2D eigenvalue weighted by atomic mass is 19.1. The molecule has 6 heteroatoms. The van der Waals surface area contributed by atoms with E-state index in [1.165, 1.54) is 13.0 Å². The molecule has 0 aromatic heterocycles. The molecule has 1 unspecified atom stereocenters. The Hall–Kier alpha value is -2.73. The molecule has 25 heavy (non-hydrogen) atoms. The van der Waals surface area contributed by atoms with Gasteiger partial charge in [0.25, 0.3) is 0 Å². The minimum absolute atomic E-state index is 0.111. The van der Waals surface area contributed by atoms with Crippen molar-refractivity contribution in [3.63, 3.8) is 0 Å². The maximum Gasteiger partial charge on any atom is 0.238 e. The summed E-state index contributed by atoms with van der Waals surface area (Å²) in [6, 6.07) is 13.2. The van der Waals surface area contributed by atoms with Gasteiger partial charge in [-0.3, -0.25) is 14.5 Å². The highest BCUT2D eigenvalue weighted by Gasteiger charge is 2.17. The van der Waals surface area contributed by atoms with Crippen LogP contribution in [0, 0.1) is 5.82 Å². The summed E-state index contributed by atoms with van der Waals surface area (Å²) in [5.74, 6) is -0.683. The largest absolute Gasteiger partial charge is 0.326 e. The smallest absolute Gasteiger partial charge is 0.238 e. The molecule has 0 bridgehead atoms. The van der Waals surface area contributed by atoms with Gasteiger partial charge in [-0.2, -0.15) is 0 Å². The van der Waals surface area contributed by atoms with Crippen LogP contribution in [0.5, 0.6) is 0 Å². The predicted molar refractivity (Wildman–Crippen MR) is 96.8 cm³/mol. The van der Waals surface area contributed by atoms with Gasteiger partial charge in [0.2, 0.25) is 11.8 Å². The van der Waals surface area contributed by atoms with Gasteiger partial charge in [-0.1, -0.05) is 24.3 Å². The van der Waals surface area contributed by atoms with E-state index in [9.17, 15) is 14.0 Å². The lowest BCUT2D eigenvalue weighted by atomic mass is 10.1. The van der Waals surface area contributed by atoms with Gasteiger partial charge < -0.3 is 10.6 Å². The maximum absolute atomic E-state index is 13.9. The number of halogens is 1. The van der Waals surface area contributed by atoms with E-state index in [1.807, 2.05) is 6.92 Å². The topological polar surface area (TPSA) is 61.4 Å². The number of nitrogens with zero attached hydrogens (tertiary/aromatic N) is 1. The molecule has 132 valence electrons. The van der Waals surface area contributed by atoms with Crippen molar-refractivity contribution in [2.24, 2.45) is 0 Å². The monoisotopic (exact) mass is 343 g/mol. The van der Waals surface area contributed by atoms with E-state index >= 15 is 0 Å². The van der Waals surface area contributed by atoms with E-state index in [1.54, 1.807) is 54.4 Å². The number of hydrogen-bond acceptors (Lipinski definition) is 3. The van der Waals surface area contributed by atoms with E-state index in [0.29, 0.717) is 16.9 Å². The van der Waals surface area contributed by atoms with Crippen molar-refractivity contribution < 1.29 is 14.0 Å². The van der Waals surface area contributed by atoms with Crippen molar-refractivity contribution in [3.05, 3.63) is 59.9 Å². The molecule has 0 aliphatic heterocycles. The third-order valence-corrected chi connectivity index (χ3v) is 3.88. The third-order valence-electron chi connectivity index (χ3n) is 3.88. The van der Waals surface area contributed by atoms with Gasteiger partial charge in [-0.05, 0) is 38.2 Å². The minimum atomic E-state index is -0.287. The van der Waals surface area contributed by atoms with Crippen molar-refractivity contribution in [2.45, 2.75) is 19.9 Å². The fourth-order valence-electron chi connectivity index (χ4n) is 2.49. The number of carbonyl (C=O) groups is 2. The Bertz CT molecular complexity index is 764. The van der Waals surface area contributed by atoms with Gasteiger partial charge in [0.1, 0.15) is 5.82 Å². The number of benzene rings is 2. The molecule has 5 nitrogen and oxygen atoms in total. The predicted octanol–water partition coefficient (Wildman–Crippen LogP) is 3.42. The van der Waals surface area contributed by atoms with Crippen LogP contribution < -0.4 is 10.6 Å². The van der Waals surface area contributed by atoms with Crippen molar-refractivity contribution in [1.82, 2.24) is 4.90 Å².